The van der Waals surface area contributed by atoms with Gasteiger partial charge in [-0.1, -0.05) is 6.92 Å². The quantitative estimate of drug-likeness (QED) is 0.875. The summed E-state index contributed by atoms with van der Waals surface area (Å²) in [6.45, 7) is 2.82. The van der Waals surface area contributed by atoms with E-state index < -0.39 is 0 Å². The van der Waals surface area contributed by atoms with Crippen LogP contribution < -0.4 is 10.5 Å². The second-order valence-electron chi connectivity index (χ2n) is 3.70. The van der Waals surface area contributed by atoms with Gasteiger partial charge in [-0.15, -0.1) is 0 Å². The fourth-order valence-electron chi connectivity index (χ4n) is 1.43. The summed E-state index contributed by atoms with van der Waals surface area (Å²) in [7, 11) is 0. The van der Waals surface area contributed by atoms with E-state index in [4.69, 9.17) is 10.5 Å². The average Bonchev–Trinajstić information content (AvgIpc) is 2.38. The van der Waals surface area contributed by atoms with Crippen LogP contribution in [-0.4, -0.2) is 16.6 Å². The molecule has 88 valence electrons. The van der Waals surface area contributed by atoms with Gasteiger partial charge in [0.25, 0.3) is 0 Å². The topological polar surface area (TPSA) is 61.0 Å². The molecule has 0 spiro atoms. The molecular formula is C13H15N3O. The van der Waals surface area contributed by atoms with Gasteiger partial charge < -0.3 is 10.5 Å². The van der Waals surface area contributed by atoms with Crippen LogP contribution in [0.5, 0.6) is 5.75 Å². The van der Waals surface area contributed by atoms with Crippen molar-refractivity contribution in [2.45, 2.75) is 13.3 Å². The van der Waals surface area contributed by atoms with E-state index in [1.54, 1.807) is 12.4 Å². The van der Waals surface area contributed by atoms with Crippen molar-refractivity contribution < 1.29 is 4.74 Å². The first-order valence-corrected chi connectivity index (χ1v) is 5.60. The fraction of sp³-hybridized carbons (Fsp3) is 0.231. The van der Waals surface area contributed by atoms with Gasteiger partial charge in [-0.3, -0.25) is 4.98 Å². The highest BCUT2D eigenvalue weighted by atomic mass is 16.5. The molecule has 0 fully saturated rings. The number of nitrogen functional groups attached to an aromatic ring is 1. The standard InChI is InChI=1S/C13H15N3O/c1-2-7-17-11-5-3-10(4-6-11)12-8-16-13(14)9-15-12/h3-6,8-9H,2,7H2,1H3,(H2,14,16). The Morgan fingerprint density at radius 1 is 1.12 bits per heavy atom. The number of nitrogens with two attached hydrogens (primary N) is 1. The first kappa shape index (κ1) is 11.4. The molecule has 1 aromatic carbocycles. The van der Waals surface area contributed by atoms with Gasteiger partial charge in [-0.2, -0.15) is 0 Å². The van der Waals surface area contributed by atoms with Crippen LogP contribution in [-0.2, 0) is 0 Å². The molecule has 0 atom stereocenters. The van der Waals surface area contributed by atoms with Gasteiger partial charge in [0, 0.05) is 5.56 Å². The third-order valence-corrected chi connectivity index (χ3v) is 2.29. The van der Waals surface area contributed by atoms with Gasteiger partial charge in [0.1, 0.15) is 11.6 Å². The monoisotopic (exact) mass is 229 g/mol. The van der Waals surface area contributed by atoms with Gasteiger partial charge >= 0.3 is 0 Å². The van der Waals surface area contributed by atoms with Crippen molar-refractivity contribution in [3.8, 4) is 17.0 Å². The molecule has 0 saturated carbocycles. The Balaban J connectivity index is 2.14. The third kappa shape index (κ3) is 2.93. The molecule has 0 aliphatic heterocycles. The number of nitrogens with zero attached hydrogens (tertiary/aromatic N) is 2. The summed E-state index contributed by atoms with van der Waals surface area (Å²) in [6, 6.07) is 7.79. The molecule has 4 heteroatoms. The zero-order valence-electron chi connectivity index (χ0n) is 9.76. The van der Waals surface area contributed by atoms with Crippen LogP contribution in [0.3, 0.4) is 0 Å². The van der Waals surface area contributed by atoms with Crippen molar-refractivity contribution in [2.75, 3.05) is 12.3 Å². The molecule has 0 aliphatic carbocycles. The molecule has 0 aliphatic rings. The molecule has 1 aromatic heterocycles. The van der Waals surface area contributed by atoms with Gasteiger partial charge in [0.2, 0.25) is 0 Å². The number of ether oxygens (including phenoxy) is 1. The lowest BCUT2D eigenvalue weighted by Gasteiger charge is -2.05. The predicted octanol–water partition coefficient (Wildman–Crippen LogP) is 2.51. The van der Waals surface area contributed by atoms with E-state index in [0.717, 1.165) is 30.0 Å². The van der Waals surface area contributed by atoms with E-state index in [9.17, 15) is 0 Å². The Bertz CT molecular complexity index is 465. The van der Waals surface area contributed by atoms with Crippen molar-refractivity contribution in [3.05, 3.63) is 36.7 Å². The summed E-state index contributed by atoms with van der Waals surface area (Å²) >= 11 is 0. The second-order valence-corrected chi connectivity index (χ2v) is 3.70. The lowest BCUT2D eigenvalue weighted by atomic mass is 10.1. The highest BCUT2D eigenvalue weighted by Crippen LogP contribution is 2.20. The first-order valence-electron chi connectivity index (χ1n) is 5.60. The SMILES string of the molecule is CCCOc1ccc(-c2cnc(N)cn2)cc1. The molecule has 1 heterocycles. The van der Waals surface area contributed by atoms with Crippen LogP contribution in [0.15, 0.2) is 36.7 Å². The number of hydrogen-bond acceptors (Lipinski definition) is 4. The average molecular weight is 229 g/mol. The van der Waals surface area contributed by atoms with Crippen molar-refractivity contribution in [2.24, 2.45) is 0 Å². The number of hydrogen-bond donors (Lipinski definition) is 1. The molecule has 17 heavy (non-hydrogen) atoms. The number of benzene rings is 1. The molecule has 0 unspecified atom stereocenters. The summed E-state index contributed by atoms with van der Waals surface area (Å²) in [5, 5.41) is 0. The normalized spacial score (nSPS) is 10.2. The van der Waals surface area contributed by atoms with Crippen LogP contribution in [0, 0.1) is 0 Å². The number of anilines is 1. The summed E-state index contributed by atoms with van der Waals surface area (Å²) in [5.41, 5.74) is 7.30. The zero-order chi connectivity index (χ0) is 12.1. The molecule has 0 radical (unpaired) electrons. The van der Waals surface area contributed by atoms with E-state index in [1.807, 2.05) is 24.3 Å². The molecule has 2 rings (SSSR count). The zero-order valence-corrected chi connectivity index (χ0v) is 9.76. The van der Waals surface area contributed by atoms with Gasteiger partial charge in [-0.05, 0) is 30.7 Å². The maximum Gasteiger partial charge on any atom is 0.141 e. The van der Waals surface area contributed by atoms with Crippen LogP contribution in [0.1, 0.15) is 13.3 Å². The summed E-state index contributed by atoms with van der Waals surface area (Å²) in [6.07, 6.45) is 4.22. The molecule has 0 saturated heterocycles. The second kappa shape index (κ2) is 5.30. The van der Waals surface area contributed by atoms with Gasteiger partial charge in [0.05, 0.1) is 24.7 Å². The van der Waals surface area contributed by atoms with Crippen LogP contribution in [0.25, 0.3) is 11.3 Å². The van der Waals surface area contributed by atoms with Crippen molar-refractivity contribution >= 4 is 5.82 Å². The van der Waals surface area contributed by atoms with Gasteiger partial charge in [0.15, 0.2) is 0 Å². The van der Waals surface area contributed by atoms with Crippen LogP contribution >= 0.6 is 0 Å². The highest BCUT2D eigenvalue weighted by Gasteiger charge is 2.00. The summed E-state index contributed by atoms with van der Waals surface area (Å²) in [4.78, 5) is 8.22. The Morgan fingerprint density at radius 3 is 2.47 bits per heavy atom. The minimum atomic E-state index is 0.427. The van der Waals surface area contributed by atoms with Gasteiger partial charge in [-0.25, -0.2) is 4.98 Å². The van der Waals surface area contributed by atoms with Crippen molar-refractivity contribution in [1.82, 2.24) is 9.97 Å². The Kier molecular flexibility index (Phi) is 3.55. The molecule has 4 nitrogen and oxygen atoms in total. The van der Waals surface area contributed by atoms with Crippen LogP contribution in [0.2, 0.25) is 0 Å². The minimum Gasteiger partial charge on any atom is -0.494 e. The lowest BCUT2D eigenvalue weighted by molar-refractivity contribution is 0.317. The third-order valence-electron chi connectivity index (χ3n) is 2.29. The first-order chi connectivity index (χ1) is 8.29. The largest absolute Gasteiger partial charge is 0.494 e. The molecule has 2 N–H and O–H groups in total. The Morgan fingerprint density at radius 2 is 1.88 bits per heavy atom. The predicted molar refractivity (Wildman–Crippen MR) is 67.7 cm³/mol. The smallest absolute Gasteiger partial charge is 0.141 e. The summed E-state index contributed by atoms with van der Waals surface area (Å²) < 4.78 is 5.51. The molecule has 0 amide bonds. The molecule has 2 aromatic rings. The fourth-order valence-corrected chi connectivity index (χ4v) is 1.43. The van der Waals surface area contributed by atoms with E-state index in [0.29, 0.717) is 5.82 Å². The highest BCUT2D eigenvalue weighted by molar-refractivity contribution is 5.59. The maximum atomic E-state index is 5.51. The maximum absolute atomic E-state index is 5.51. The van der Waals surface area contributed by atoms with E-state index in [-0.39, 0.29) is 0 Å². The van der Waals surface area contributed by atoms with E-state index >= 15 is 0 Å². The van der Waals surface area contributed by atoms with Crippen molar-refractivity contribution in [3.63, 3.8) is 0 Å². The minimum absolute atomic E-state index is 0.427. The Labute approximate surface area is 100 Å². The van der Waals surface area contributed by atoms with Crippen molar-refractivity contribution in [1.29, 1.82) is 0 Å². The van der Waals surface area contributed by atoms with Crippen LogP contribution in [0.4, 0.5) is 5.82 Å². The summed E-state index contributed by atoms with van der Waals surface area (Å²) in [5.74, 6) is 1.30. The van der Waals surface area contributed by atoms with E-state index in [2.05, 4.69) is 16.9 Å². The molecule has 0 bridgehead atoms. The molecular weight excluding hydrogens is 214 g/mol. The number of aromatic nitrogens is 2. The van der Waals surface area contributed by atoms with E-state index in [1.165, 1.54) is 0 Å². The Hall–Kier alpha value is -2.10. The number of rotatable bonds is 4. The lowest BCUT2D eigenvalue weighted by Crippen LogP contribution is -1.95.